The molecule has 1 rings (SSSR count). The van der Waals surface area contributed by atoms with Gasteiger partial charge in [-0.25, -0.2) is 4.39 Å². The molecule has 0 aromatic heterocycles. The van der Waals surface area contributed by atoms with Crippen molar-refractivity contribution >= 4 is 17.4 Å². The van der Waals surface area contributed by atoms with Crippen LogP contribution in [-0.4, -0.2) is 5.78 Å². The molecule has 1 aromatic rings. The van der Waals surface area contributed by atoms with Gasteiger partial charge in [-0.05, 0) is 25.1 Å². The number of hydrogen-bond donors (Lipinski definition) is 0. The van der Waals surface area contributed by atoms with Crippen LogP contribution in [0.1, 0.15) is 31.1 Å². The van der Waals surface area contributed by atoms with Crippen molar-refractivity contribution in [3.63, 3.8) is 0 Å². The van der Waals surface area contributed by atoms with Gasteiger partial charge >= 0.3 is 0 Å². The Bertz CT molecular complexity index is 297. The zero-order valence-electron chi connectivity index (χ0n) is 7.90. The molecule has 0 spiro atoms. The molecule has 0 heterocycles. The van der Waals surface area contributed by atoms with Crippen LogP contribution in [0.5, 0.6) is 0 Å². The van der Waals surface area contributed by atoms with E-state index in [1.165, 1.54) is 19.1 Å². The molecule has 0 atom stereocenters. The number of carbonyl (C=O) groups is 1. The zero-order chi connectivity index (χ0) is 10.4. The number of benzene rings is 1. The molecular formula is C10H12ClFO. The van der Waals surface area contributed by atoms with Gasteiger partial charge in [0.2, 0.25) is 0 Å². The highest BCUT2D eigenvalue weighted by Crippen LogP contribution is 2.17. The molecule has 0 saturated heterocycles. The molecule has 0 aliphatic carbocycles. The first-order valence-electron chi connectivity index (χ1n) is 4.07. The van der Waals surface area contributed by atoms with Crippen molar-refractivity contribution in [1.82, 2.24) is 0 Å². The van der Waals surface area contributed by atoms with Crippen LogP contribution >= 0.6 is 11.6 Å². The molecular weight excluding hydrogens is 191 g/mol. The van der Waals surface area contributed by atoms with Crippen molar-refractivity contribution in [2.45, 2.75) is 20.8 Å². The van der Waals surface area contributed by atoms with E-state index in [1.807, 2.05) is 13.8 Å². The van der Waals surface area contributed by atoms with E-state index in [-0.39, 0.29) is 10.8 Å². The van der Waals surface area contributed by atoms with Crippen molar-refractivity contribution in [3.8, 4) is 0 Å². The van der Waals surface area contributed by atoms with Crippen LogP contribution in [0.15, 0.2) is 18.2 Å². The molecule has 3 heteroatoms. The van der Waals surface area contributed by atoms with Crippen LogP contribution in [-0.2, 0) is 0 Å². The first kappa shape index (κ1) is 12.1. The average molecular weight is 203 g/mol. The lowest BCUT2D eigenvalue weighted by Crippen LogP contribution is -1.93. The van der Waals surface area contributed by atoms with Gasteiger partial charge in [0.15, 0.2) is 5.78 Å². The van der Waals surface area contributed by atoms with Gasteiger partial charge in [-0.1, -0.05) is 25.4 Å². The second kappa shape index (κ2) is 5.70. The quantitative estimate of drug-likeness (QED) is 0.635. The Morgan fingerprint density at radius 1 is 1.38 bits per heavy atom. The van der Waals surface area contributed by atoms with E-state index in [0.29, 0.717) is 5.56 Å². The third-order valence-electron chi connectivity index (χ3n) is 1.31. The fourth-order valence-corrected chi connectivity index (χ4v) is 1.08. The molecule has 1 aromatic carbocycles. The van der Waals surface area contributed by atoms with Crippen LogP contribution in [0.2, 0.25) is 5.02 Å². The summed E-state index contributed by atoms with van der Waals surface area (Å²) in [5, 5.41) is 0.164. The van der Waals surface area contributed by atoms with Crippen LogP contribution in [0, 0.1) is 5.82 Å². The molecule has 0 aliphatic rings. The maximum Gasteiger partial charge on any atom is 0.161 e. The molecule has 0 unspecified atom stereocenters. The Balaban J connectivity index is 0.000000671. The Morgan fingerprint density at radius 2 is 1.92 bits per heavy atom. The zero-order valence-corrected chi connectivity index (χ0v) is 8.65. The largest absolute Gasteiger partial charge is 0.294 e. The minimum Gasteiger partial charge on any atom is -0.294 e. The van der Waals surface area contributed by atoms with E-state index in [9.17, 15) is 9.18 Å². The number of Topliss-reactive ketones (excluding diaryl/α,β-unsaturated/α-hetero) is 1. The fourth-order valence-electron chi connectivity index (χ4n) is 0.775. The topological polar surface area (TPSA) is 17.1 Å². The first-order chi connectivity index (χ1) is 6.11. The minimum absolute atomic E-state index is 0.157. The molecule has 0 amide bonds. The van der Waals surface area contributed by atoms with Gasteiger partial charge in [0.1, 0.15) is 5.82 Å². The highest BCUT2D eigenvalue weighted by molar-refractivity contribution is 6.33. The van der Waals surface area contributed by atoms with E-state index in [2.05, 4.69) is 0 Å². The van der Waals surface area contributed by atoms with Gasteiger partial charge in [0.05, 0.1) is 5.02 Å². The smallest absolute Gasteiger partial charge is 0.161 e. The van der Waals surface area contributed by atoms with E-state index >= 15 is 0 Å². The number of hydrogen-bond acceptors (Lipinski definition) is 1. The predicted molar refractivity (Wildman–Crippen MR) is 52.8 cm³/mol. The predicted octanol–water partition coefficient (Wildman–Crippen LogP) is 3.71. The maximum atomic E-state index is 12.4. The summed E-state index contributed by atoms with van der Waals surface area (Å²) in [6.45, 7) is 5.39. The lowest BCUT2D eigenvalue weighted by molar-refractivity contribution is 0.101. The summed E-state index contributed by atoms with van der Waals surface area (Å²) in [6, 6.07) is 3.71. The SMILES string of the molecule is CC.CC(=O)c1ccc(F)cc1Cl. The minimum atomic E-state index is -0.431. The van der Waals surface area contributed by atoms with Gasteiger partial charge < -0.3 is 0 Å². The summed E-state index contributed by atoms with van der Waals surface area (Å²) in [7, 11) is 0. The monoisotopic (exact) mass is 202 g/mol. The second-order valence-corrected chi connectivity index (χ2v) is 2.59. The normalized spacial score (nSPS) is 8.69. The molecule has 0 bridgehead atoms. The van der Waals surface area contributed by atoms with Gasteiger partial charge in [0, 0.05) is 5.56 Å². The summed E-state index contributed by atoms with van der Waals surface area (Å²) < 4.78 is 12.4. The molecule has 72 valence electrons. The highest BCUT2D eigenvalue weighted by Gasteiger charge is 2.04. The van der Waals surface area contributed by atoms with Crippen LogP contribution in [0.4, 0.5) is 4.39 Å². The standard InChI is InChI=1S/C8H6ClFO.C2H6/c1-5(11)7-3-2-6(10)4-8(7)9;1-2/h2-4H,1H3;1-2H3. The number of halogens is 2. The lowest BCUT2D eigenvalue weighted by atomic mass is 10.1. The summed E-state index contributed by atoms with van der Waals surface area (Å²) in [6.07, 6.45) is 0. The fraction of sp³-hybridized carbons (Fsp3) is 0.300. The van der Waals surface area contributed by atoms with Crippen molar-refractivity contribution in [3.05, 3.63) is 34.6 Å². The molecule has 0 saturated carbocycles. The second-order valence-electron chi connectivity index (χ2n) is 2.18. The molecule has 1 nitrogen and oxygen atoms in total. The number of carbonyl (C=O) groups excluding carboxylic acids is 1. The van der Waals surface area contributed by atoms with Gasteiger partial charge in [-0.2, -0.15) is 0 Å². The van der Waals surface area contributed by atoms with E-state index in [1.54, 1.807) is 0 Å². The molecule has 0 aliphatic heterocycles. The third kappa shape index (κ3) is 3.55. The third-order valence-corrected chi connectivity index (χ3v) is 1.62. The molecule has 0 fully saturated rings. The number of ketones is 1. The van der Waals surface area contributed by atoms with Crippen molar-refractivity contribution in [2.75, 3.05) is 0 Å². The summed E-state index contributed by atoms with van der Waals surface area (Å²) in [4.78, 5) is 10.8. The maximum absolute atomic E-state index is 12.4. The highest BCUT2D eigenvalue weighted by atomic mass is 35.5. The van der Waals surface area contributed by atoms with Gasteiger partial charge in [-0.15, -0.1) is 0 Å². The summed E-state index contributed by atoms with van der Waals surface area (Å²) in [5.41, 5.74) is 0.355. The Kier molecular flexibility index (Phi) is 5.31. The Hall–Kier alpha value is -0.890. The summed E-state index contributed by atoms with van der Waals surface area (Å²) in [5.74, 6) is -0.588. The van der Waals surface area contributed by atoms with E-state index in [4.69, 9.17) is 11.6 Å². The van der Waals surface area contributed by atoms with Crippen LogP contribution < -0.4 is 0 Å². The van der Waals surface area contributed by atoms with Gasteiger partial charge in [-0.3, -0.25) is 4.79 Å². The first-order valence-corrected chi connectivity index (χ1v) is 4.45. The van der Waals surface area contributed by atoms with Crippen molar-refractivity contribution in [1.29, 1.82) is 0 Å². The van der Waals surface area contributed by atoms with Gasteiger partial charge in [0.25, 0.3) is 0 Å². The van der Waals surface area contributed by atoms with E-state index < -0.39 is 5.82 Å². The average Bonchev–Trinajstić information content (AvgIpc) is 2.07. The molecule has 0 radical (unpaired) electrons. The Labute approximate surface area is 82.5 Å². The molecule has 0 N–H and O–H groups in total. The lowest BCUT2D eigenvalue weighted by Gasteiger charge is -1.97. The van der Waals surface area contributed by atoms with Crippen molar-refractivity contribution in [2.24, 2.45) is 0 Å². The molecule has 13 heavy (non-hydrogen) atoms. The van der Waals surface area contributed by atoms with Crippen LogP contribution in [0.25, 0.3) is 0 Å². The van der Waals surface area contributed by atoms with Crippen molar-refractivity contribution < 1.29 is 9.18 Å². The Morgan fingerprint density at radius 3 is 2.31 bits per heavy atom. The number of rotatable bonds is 1. The summed E-state index contributed by atoms with van der Waals surface area (Å²) >= 11 is 5.56. The van der Waals surface area contributed by atoms with E-state index in [0.717, 1.165) is 6.07 Å². The van der Waals surface area contributed by atoms with Crippen LogP contribution in [0.3, 0.4) is 0 Å².